The van der Waals surface area contributed by atoms with Crippen molar-refractivity contribution in [2.24, 2.45) is 0 Å². The molecule has 0 radical (unpaired) electrons. The van der Waals surface area contributed by atoms with Crippen LogP contribution in [0.25, 0.3) is 0 Å². The molecule has 3 atom stereocenters. The third-order valence-electron chi connectivity index (χ3n) is 3.80. The molecule has 108 valence electrons. The maximum Gasteiger partial charge on any atom is 0.316 e. The number of hydrogen-bond donors (Lipinski definition) is 3. The van der Waals surface area contributed by atoms with Crippen LogP contribution in [-0.2, 0) is 0 Å². The van der Waals surface area contributed by atoms with Crippen LogP contribution in [0.2, 0.25) is 0 Å². The van der Waals surface area contributed by atoms with Gasteiger partial charge in [-0.3, -0.25) is 0 Å². The van der Waals surface area contributed by atoms with Crippen molar-refractivity contribution < 1.29 is 4.79 Å². The summed E-state index contributed by atoms with van der Waals surface area (Å²) in [5.41, 5.74) is 3.36. The van der Waals surface area contributed by atoms with Gasteiger partial charge >= 0.3 is 6.03 Å². The normalized spacial score (nSPS) is 36.2. The molecular weight excluding hydrogens is 280 g/mol. The Hall–Kier alpha value is -0.110. The molecule has 1 saturated carbocycles. The van der Waals surface area contributed by atoms with Crippen LogP contribution in [0.1, 0.15) is 39.0 Å². The van der Waals surface area contributed by atoms with Crippen molar-refractivity contribution in [2.75, 3.05) is 6.54 Å². The first kappa shape index (κ1) is 13.9. The number of urea groups is 1. The molecule has 0 aromatic rings. The lowest BCUT2D eigenvalue weighted by Gasteiger charge is -2.24. The highest BCUT2D eigenvalue weighted by Gasteiger charge is 2.40. The van der Waals surface area contributed by atoms with E-state index >= 15 is 0 Å². The van der Waals surface area contributed by atoms with E-state index < -0.39 is 0 Å². The average molecular weight is 302 g/mol. The lowest BCUT2D eigenvalue weighted by atomic mass is 9.96. The van der Waals surface area contributed by atoms with E-state index in [2.05, 4.69) is 28.0 Å². The standard InChI is InChI=1S/C12H22N4OS2/c1-8-7-16-12(18-8)19-11(15-16)14-10(17)13-9-5-3-2-4-6-9/h8-9,11-12,15H,2-7H2,1H3,(H2,13,14,17). The molecule has 2 saturated heterocycles. The zero-order valence-corrected chi connectivity index (χ0v) is 12.9. The van der Waals surface area contributed by atoms with E-state index in [1.165, 1.54) is 19.3 Å². The highest BCUT2D eigenvalue weighted by atomic mass is 32.2. The van der Waals surface area contributed by atoms with Crippen LogP contribution in [0.3, 0.4) is 0 Å². The monoisotopic (exact) mass is 302 g/mol. The van der Waals surface area contributed by atoms with E-state index in [0.29, 0.717) is 16.0 Å². The SMILES string of the molecule is CC1CN2NC(NC(=O)NC3CCCCC3)SC2S1. The number of thioether (sulfide) groups is 2. The molecule has 0 spiro atoms. The Bertz CT molecular complexity index is 324. The number of nitrogens with zero attached hydrogens (tertiary/aromatic N) is 1. The predicted molar refractivity (Wildman–Crippen MR) is 80.6 cm³/mol. The van der Waals surface area contributed by atoms with Crippen LogP contribution in [0.4, 0.5) is 4.79 Å². The van der Waals surface area contributed by atoms with E-state index in [0.717, 1.165) is 19.4 Å². The minimum Gasteiger partial charge on any atom is -0.335 e. The first-order chi connectivity index (χ1) is 9.20. The zero-order valence-electron chi connectivity index (χ0n) is 11.2. The molecule has 0 aromatic carbocycles. The summed E-state index contributed by atoms with van der Waals surface area (Å²) in [5, 5.41) is 9.00. The second-order valence-corrected chi connectivity index (χ2v) is 8.52. The Balaban J connectivity index is 1.41. The van der Waals surface area contributed by atoms with E-state index in [4.69, 9.17) is 0 Å². The van der Waals surface area contributed by atoms with Gasteiger partial charge in [0, 0.05) is 17.8 Å². The number of rotatable bonds is 2. The topological polar surface area (TPSA) is 56.4 Å². The smallest absolute Gasteiger partial charge is 0.316 e. The van der Waals surface area contributed by atoms with Gasteiger partial charge in [-0.05, 0) is 12.8 Å². The highest BCUT2D eigenvalue weighted by molar-refractivity contribution is 8.17. The number of hydrazine groups is 1. The minimum absolute atomic E-state index is 0.00795. The van der Waals surface area contributed by atoms with Crippen molar-refractivity contribution in [1.29, 1.82) is 0 Å². The molecule has 3 rings (SSSR count). The van der Waals surface area contributed by atoms with Crippen LogP contribution in [0, 0.1) is 0 Å². The van der Waals surface area contributed by atoms with Crippen LogP contribution in [0.15, 0.2) is 0 Å². The fraction of sp³-hybridized carbons (Fsp3) is 0.917. The lowest BCUT2D eigenvalue weighted by molar-refractivity contribution is 0.210. The van der Waals surface area contributed by atoms with Gasteiger partial charge < -0.3 is 10.6 Å². The Morgan fingerprint density at radius 3 is 2.74 bits per heavy atom. The second-order valence-electron chi connectivity index (χ2n) is 5.50. The maximum absolute atomic E-state index is 12.0. The molecule has 1 aliphatic carbocycles. The van der Waals surface area contributed by atoms with Gasteiger partial charge in [0.1, 0.15) is 10.2 Å². The first-order valence-corrected chi connectivity index (χ1v) is 9.00. The number of amides is 2. The number of fused-ring (bicyclic) bond motifs is 1. The highest BCUT2D eigenvalue weighted by Crippen LogP contribution is 2.41. The molecule has 0 aromatic heterocycles. The molecule has 2 heterocycles. The van der Waals surface area contributed by atoms with Crippen molar-refractivity contribution in [2.45, 2.75) is 60.5 Å². The number of carbonyl (C=O) groups excluding carboxylic acids is 1. The molecule has 19 heavy (non-hydrogen) atoms. The van der Waals surface area contributed by atoms with Crippen LogP contribution < -0.4 is 16.1 Å². The first-order valence-electron chi connectivity index (χ1n) is 7.11. The van der Waals surface area contributed by atoms with Crippen LogP contribution in [0.5, 0.6) is 0 Å². The number of hydrogen-bond acceptors (Lipinski definition) is 5. The van der Waals surface area contributed by atoms with Gasteiger partial charge in [-0.1, -0.05) is 37.9 Å². The number of nitrogens with one attached hydrogen (secondary N) is 3. The largest absolute Gasteiger partial charge is 0.335 e. The summed E-state index contributed by atoms with van der Waals surface area (Å²) in [7, 11) is 0. The summed E-state index contributed by atoms with van der Waals surface area (Å²) in [5.74, 6) is 0. The van der Waals surface area contributed by atoms with Gasteiger partial charge in [-0.2, -0.15) is 0 Å². The quantitative estimate of drug-likeness (QED) is 0.727. The van der Waals surface area contributed by atoms with Gasteiger partial charge in [-0.25, -0.2) is 15.2 Å². The maximum atomic E-state index is 12.0. The van der Waals surface area contributed by atoms with Crippen LogP contribution in [-0.4, -0.2) is 39.1 Å². The summed E-state index contributed by atoms with van der Waals surface area (Å²) >= 11 is 3.74. The van der Waals surface area contributed by atoms with E-state index in [1.54, 1.807) is 11.8 Å². The van der Waals surface area contributed by atoms with E-state index in [-0.39, 0.29) is 11.5 Å². The molecule has 2 aliphatic heterocycles. The van der Waals surface area contributed by atoms with Gasteiger partial charge in [0.2, 0.25) is 0 Å². The fourth-order valence-corrected chi connectivity index (χ4v) is 5.85. The summed E-state index contributed by atoms with van der Waals surface area (Å²) in [6.45, 7) is 3.29. The molecule has 7 heteroatoms. The molecule has 3 N–H and O–H groups in total. The van der Waals surface area contributed by atoms with Gasteiger partial charge in [0.15, 0.2) is 0 Å². The van der Waals surface area contributed by atoms with Crippen molar-refractivity contribution in [3.63, 3.8) is 0 Å². The Morgan fingerprint density at radius 2 is 2.00 bits per heavy atom. The zero-order chi connectivity index (χ0) is 13.2. The van der Waals surface area contributed by atoms with E-state index in [9.17, 15) is 4.79 Å². The van der Waals surface area contributed by atoms with Crippen molar-refractivity contribution in [3.8, 4) is 0 Å². The fourth-order valence-electron chi connectivity index (χ4n) is 2.85. The van der Waals surface area contributed by atoms with Crippen LogP contribution >= 0.6 is 23.5 Å². The molecule has 2 amide bonds. The van der Waals surface area contributed by atoms with Crippen molar-refractivity contribution in [1.82, 2.24) is 21.1 Å². The minimum atomic E-state index is -0.0314. The molecular formula is C12H22N4OS2. The number of carbonyl (C=O) groups is 1. The molecule has 3 aliphatic rings. The summed E-state index contributed by atoms with van der Waals surface area (Å²) in [6, 6.07) is 0.338. The second kappa shape index (κ2) is 6.11. The summed E-state index contributed by atoms with van der Waals surface area (Å²) < 4.78 is 0.440. The molecule has 5 nitrogen and oxygen atoms in total. The predicted octanol–water partition coefficient (Wildman–Crippen LogP) is 1.87. The third-order valence-corrected chi connectivity index (χ3v) is 6.55. The third kappa shape index (κ3) is 3.51. The summed E-state index contributed by atoms with van der Waals surface area (Å²) in [6.07, 6.45) is 6.05. The van der Waals surface area contributed by atoms with Crippen molar-refractivity contribution >= 4 is 29.6 Å². The average Bonchev–Trinajstić information content (AvgIpc) is 2.86. The molecule has 0 bridgehead atoms. The summed E-state index contributed by atoms with van der Waals surface area (Å²) in [4.78, 5) is 12.0. The molecule has 3 fully saturated rings. The lowest BCUT2D eigenvalue weighted by Crippen LogP contribution is -2.51. The van der Waals surface area contributed by atoms with Crippen molar-refractivity contribution in [3.05, 3.63) is 0 Å². The van der Waals surface area contributed by atoms with Gasteiger partial charge in [0.05, 0.1) is 0 Å². The van der Waals surface area contributed by atoms with Gasteiger partial charge in [-0.15, -0.1) is 11.8 Å². The Morgan fingerprint density at radius 1 is 1.21 bits per heavy atom. The van der Waals surface area contributed by atoms with E-state index in [1.807, 2.05) is 11.8 Å². The van der Waals surface area contributed by atoms with Gasteiger partial charge in [0.25, 0.3) is 0 Å². The Labute approximate surface area is 123 Å². The Kier molecular flexibility index (Phi) is 4.46. The molecule has 3 unspecified atom stereocenters.